The van der Waals surface area contributed by atoms with E-state index in [1.807, 2.05) is 0 Å². The van der Waals surface area contributed by atoms with Crippen molar-refractivity contribution in [2.24, 2.45) is 11.3 Å². The molecule has 1 N–H and O–H groups in total. The highest BCUT2D eigenvalue weighted by Gasteiger charge is 2.29. The molecule has 0 spiro atoms. The van der Waals surface area contributed by atoms with E-state index in [-0.39, 0.29) is 5.92 Å². The Bertz CT molecular complexity index is 218. The van der Waals surface area contributed by atoms with Crippen LogP contribution in [0.4, 0.5) is 0 Å². The summed E-state index contributed by atoms with van der Waals surface area (Å²) >= 11 is 0. The van der Waals surface area contributed by atoms with Crippen molar-refractivity contribution in [1.29, 1.82) is 0 Å². The second-order valence-electron chi connectivity index (χ2n) is 4.77. The van der Waals surface area contributed by atoms with E-state index >= 15 is 0 Å². The van der Waals surface area contributed by atoms with E-state index in [0.29, 0.717) is 11.0 Å². The van der Waals surface area contributed by atoms with E-state index in [1.165, 1.54) is 0 Å². The molecule has 0 aromatic carbocycles. The number of carboxylic acids is 1. The molecule has 1 aliphatic carbocycles. The highest BCUT2D eigenvalue weighted by atomic mass is 16.4. The largest absolute Gasteiger partial charge is 0.478 e. The topological polar surface area (TPSA) is 37.3 Å². The average Bonchev–Trinajstić information content (AvgIpc) is 2.03. The molecule has 0 radical (unpaired) electrons. The molecule has 13 heavy (non-hydrogen) atoms. The zero-order valence-electron chi connectivity index (χ0n) is 8.47. The maximum absolute atomic E-state index is 10.7. The van der Waals surface area contributed by atoms with Crippen molar-refractivity contribution in [1.82, 2.24) is 0 Å². The van der Waals surface area contributed by atoms with E-state index in [0.717, 1.165) is 25.7 Å². The van der Waals surface area contributed by atoms with Crippen LogP contribution in [0.3, 0.4) is 0 Å². The van der Waals surface area contributed by atoms with Gasteiger partial charge in [-0.05, 0) is 37.0 Å². The molecule has 0 aliphatic heterocycles. The fraction of sp³-hybridized carbons (Fsp3) is 0.727. The number of carboxylic acid groups (broad SMARTS) is 1. The highest BCUT2D eigenvalue weighted by Crippen LogP contribution is 2.40. The molecule has 1 aliphatic rings. The fourth-order valence-electron chi connectivity index (χ4n) is 1.92. The van der Waals surface area contributed by atoms with Crippen molar-refractivity contribution in [3.05, 3.63) is 12.2 Å². The van der Waals surface area contributed by atoms with Crippen LogP contribution in [-0.2, 0) is 4.79 Å². The first kappa shape index (κ1) is 10.3. The summed E-state index contributed by atoms with van der Waals surface area (Å²) in [6, 6.07) is 0. The number of aliphatic carboxylic acids is 1. The van der Waals surface area contributed by atoms with Crippen LogP contribution >= 0.6 is 0 Å². The number of hydrogen-bond donors (Lipinski definition) is 1. The minimum atomic E-state index is -0.829. The molecule has 0 atom stereocenters. The average molecular weight is 182 g/mol. The predicted octanol–water partition coefficient (Wildman–Crippen LogP) is 2.84. The molecule has 0 saturated heterocycles. The van der Waals surface area contributed by atoms with Crippen LogP contribution < -0.4 is 0 Å². The van der Waals surface area contributed by atoms with Gasteiger partial charge in [0.15, 0.2) is 0 Å². The fourth-order valence-corrected chi connectivity index (χ4v) is 1.92. The van der Waals surface area contributed by atoms with Crippen LogP contribution in [0, 0.1) is 11.3 Å². The summed E-state index contributed by atoms with van der Waals surface area (Å²) in [5, 5.41) is 8.76. The molecule has 0 heterocycles. The van der Waals surface area contributed by atoms with Gasteiger partial charge in [0.05, 0.1) is 0 Å². The first-order valence-electron chi connectivity index (χ1n) is 4.84. The molecule has 0 amide bonds. The van der Waals surface area contributed by atoms with Crippen molar-refractivity contribution in [3.63, 3.8) is 0 Å². The van der Waals surface area contributed by atoms with Gasteiger partial charge in [0.1, 0.15) is 0 Å². The third-order valence-electron chi connectivity index (χ3n) is 3.11. The summed E-state index contributed by atoms with van der Waals surface area (Å²) in [6.07, 6.45) is 4.20. The van der Waals surface area contributed by atoms with Crippen LogP contribution in [0.2, 0.25) is 0 Å². The van der Waals surface area contributed by atoms with E-state index < -0.39 is 5.97 Å². The van der Waals surface area contributed by atoms with Crippen LogP contribution in [0.5, 0.6) is 0 Å². The van der Waals surface area contributed by atoms with Gasteiger partial charge in [0.25, 0.3) is 0 Å². The Labute approximate surface area is 79.6 Å². The molecule has 0 bridgehead atoms. The summed E-state index contributed by atoms with van der Waals surface area (Å²) in [5.74, 6) is -0.616. The molecule has 0 aromatic heterocycles. The number of hydrogen-bond acceptors (Lipinski definition) is 1. The van der Waals surface area contributed by atoms with Crippen molar-refractivity contribution in [2.75, 3.05) is 0 Å². The predicted molar refractivity (Wildman–Crippen MR) is 52.5 cm³/mol. The Morgan fingerprint density at radius 3 is 2.23 bits per heavy atom. The Hall–Kier alpha value is -0.790. The first-order valence-corrected chi connectivity index (χ1v) is 4.84. The molecule has 0 unspecified atom stereocenters. The van der Waals surface area contributed by atoms with Crippen LogP contribution in [0.1, 0.15) is 39.5 Å². The number of rotatable bonds is 2. The lowest BCUT2D eigenvalue weighted by Gasteiger charge is -2.34. The molecule has 1 saturated carbocycles. The molecule has 0 aromatic rings. The third-order valence-corrected chi connectivity index (χ3v) is 3.11. The SMILES string of the molecule is C=C(C(=O)O)C1CCC(C)(C)CC1. The maximum Gasteiger partial charge on any atom is 0.331 e. The van der Waals surface area contributed by atoms with Crippen molar-refractivity contribution in [2.45, 2.75) is 39.5 Å². The van der Waals surface area contributed by atoms with Gasteiger partial charge >= 0.3 is 5.97 Å². The lowest BCUT2D eigenvalue weighted by atomic mass is 9.71. The Morgan fingerprint density at radius 1 is 1.38 bits per heavy atom. The monoisotopic (exact) mass is 182 g/mol. The molecule has 2 nitrogen and oxygen atoms in total. The number of carbonyl (C=O) groups is 1. The summed E-state index contributed by atoms with van der Waals surface area (Å²) < 4.78 is 0. The minimum absolute atomic E-state index is 0.213. The zero-order valence-corrected chi connectivity index (χ0v) is 8.47. The summed E-state index contributed by atoms with van der Waals surface area (Å²) in [4.78, 5) is 10.7. The van der Waals surface area contributed by atoms with Crippen LogP contribution in [0.15, 0.2) is 12.2 Å². The molecular formula is C11H18O2. The Kier molecular flexibility index (Phi) is 2.79. The summed E-state index contributed by atoms with van der Waals surface area (Å²) in [6.45, 7) is 8.11. The van der Waals surface area contributed by atoms with E-state index in [4.69, 9.17) is 5.11 Å². The first-order chi connectivity index (χ1) is 5.92. The van der Waals surface area contributed by atoms with Gasteiger partial charge in [0.2, 0.25) is 0 Å². The van der Waals surface area contributed by atoms with Gasteiger partial charge in [0, 0.05) is 5.57 Å². The van der Waals surface area contributed by atoms with Crippen molar-refractivity contribution >= 4 is 5.97 Å². The molecular weight excluding hydrogens is 164 g/mol. The van der Waals surface area contributed by atoms with Crippen LogP contribution in [0.25, 0.3) is 0 Å². The molecule has 1 rings (SSSR count). The minimum Gasteiger partial charge on any atom is -0.478 e. The van der Waals surface area contributed by atoms with E-state index in [1.54, 1.807) is 0 Å². The second kappa shape index (κ2) is 3.52. The standard InChI is InChI=1S/C11H18O2/c1-8(10(12)13)9-4-6-11(2,3)7-5-9/h9H,1,4-7H2,2-3H3,(H,12,13). The van der Waals surface area contributed by atoms with Gasteiger partial charge in [-0.3, -0.25) is 0 Å². The van der Waals surface area contributed by atoms with E-state index in [9.17, 15) is 4.79 Å². The lowest BCUT2D eigenvalue weighted by molar-refractivity contribution is -0.133. The van der Waals surface area contributed by atoms with Crippen LogP contribution in [-0.4, -0.2) is 11.1 Å². The highest BCUT2D eigenvalue weighted by molar-refractivity contribution is 5.86. The maximum atomic E-state index is 10.7. The lowest BCUT2D eigenvalue weighted by Crippen LogP contribution is -2.24. The quantitative estimate of drug-likeness (QED) is 0.667. The normalized spacial score (nSPS) is 22.6. The van der Waals surface area contributed by atoms with Crippen molar-refractivity contribution in [3.8, 4) is 0 Å². The second-order valence-corrected chi connectivity index (χ2v) is 4.77. The van der Waals surface area contributed by atoms with E-state index in [2.05, 4.69) is 20.4 Å². The van der Waals surface area contributed by atoms with Gasteiger partial charge in [-0.25, -0.2) is 4.79 Å². The Morgan fingerprint density at radius 2 is 1.85 bits per heavy atom. The summed E-state index contributed by atoms with van der Waals surface area (Å²) in [7, 11) is 0. The van der Waals surface area contributed by atoms with Gasteiger partial charge in [-0.1, -0.05) is 20.4 Å². The third kappa shape index (κ3) is 2.58. The van der Waals surface area contributed by atoms with Crippen molar-refractivity contribution < 1.29 is 9.90 Å². The molecule has 2 heteroatoms. The summed E-state index contributed by atoms with van der Waals surface area (Å²) in [5.41, 5.74) is 0.797. The van der Waals surface area contributed by atoms with Gasteiger partial charge < -0.3 is 5.11 Å². The zero-order chi connectivity index (χ0) is 10.1. The smallest absolute Gasteiger partial charge is 0.331 e. The Balaban J connectivity index is 2.50. The van der Waals surface area contributed by atoms with Gasteiger partial charge in [-0.15, -0.1) is 0 Å². The molecule has 1 fully saturated rings. The molecule has 74 valence electrons. The van der Waals surface area contributed by atoms with Gasteiger partial charge in [-0.2, -0.15) is 0 Å².